The van der Waals surface area contributed by atoms with Crippen LogP contribution in [0, 0.1) is 6.92 Å². The van der Waals surface area contributed by atoms with Crippen molar-refractivity contribution in [3.05, 3.63) is 45.9 Å². The van der Waals surface area contributed by atoms with Crippen LogP contribution in [0.15, 0.2) is 35.6 Å². The maximum absolute atomic E-state index is 12.4. The number of aromatic nitrogens is 1. The van der Waals surface area contributed by atoms with Crippen molar-refractivity contribution in [2.75, 3.05) is 5.32 Å². The fourth-order valence-electron chi connectivity index (χ4n) is 2.14. The highest BCUT2D eigenvalue weighted by Gasteiger charge is 2.42. The lowest BCUT2D eigenvalue weighted by molar-refractivity contribution is -0.135. The number of nitrogens with one attached hydrogen (secondary N) is 1. The number of rotatable bonds is 3. The zero-order chi connectivity index (χ0) is 15.7. The Morgan fingerprint density at radius 3 is 2.91 bits per heavy atom. The van der Waals surface area contributed by atoms with E-state index in [9.17, 15) is 4.79 Å². The van der Waals surface area contributed by atoms with Crippen molar-refractivity contribution in [3.63, 3.8) is 0 Å². The molecule has 7 heteroatoms. The fourth-order valence-corrected chi connectivity index (χ4v) is 3.05. The average Bonchev–Trinajstić information content (AvgIpc) is 3.07. The molecule has 1 aliphatic heterocycles. The minimum atomic E-state index is -1.06. The van der Waals surface area contributed by atoms with E-state index in [0.29, 0.717) is 22.3 Å². The Kier molecular flexibility index (Phi) is 3.88. The Morgan fingerprint density at radius 1 is 1.45 bits per heavy atom. The van der Waals surface area contributed by atoms with E-state index < -0.39 is 5.60 Å². The fraction of sp³-hybridized carbons (Fsp3) is 0.267. The van der Waals surface area contributed by atoms with Gasteiger partial charge in [-0.2, -0.15) is 0 Å². The molecule has 2 aromatic rings. The predicted molar refractivity (Wildman–Crippen MR) is 87.6 cm³/mol. The van der Waals surface area contributed by atoms with Gasteiger partial charge in [-0.05, 0) is 19.9 Å². The zero-order valence-corrected chi connectivity index (χ0v) is 13.7. The SMILES string of the molecule is Cc1cnc(NC(=O)C2(C)CC(c3ccccc3Cl)=NO2)s1. The molecule has 3 rings (SSSR count). The molecule has 2 heterocycles. The van der Waals surface area contributed by atoms with Crippen LogP contribution in [0.25, 0.3) is 0 Å². The average molecular weight is 336 g/mol. The number of carbonyl (C=O) groups is 1. The summed E-state index contributed by atoms with van der Waals surface area (Å²) in [5, 5.41) is 7.95. The Labute approximate surface area is 137 Å². The van der Waals surface area contributed by atoms with Gasteiger partial charge in [0.25, 0.3) is 5.91 Å². The quantitative estimate of drug-likeness (QED) is 0.931. The van der Waals surface area contributed by atoms with Crippen LogP contribution >= 0.6 is 22.9 Å². The topological polar surface area (TPSA) is 63.6 Å². The van der Waals surface area contributed by atoms with E-state index in [1.807, 2.05) is 25.1 Å². The third kappa shape index (κ3) is 2.84. The number of hydrogen-bond acceptors (Lipinski definition) is 5. The summed E-state index contributed by atoms with van der Waals surface area (Å²) in [6.07, 6.45) is 2.07. The Bertz CT molecular complexity index is 759. The third-order valence-electron chi connectivity index (χ3n) is 3.37. The standard InChI is InChI=1S/C15H14ClN3O2S/c1-9-8-17-14(22-9)18-13(20)15(2)7-12(19-21-15)10-5-3-4-6-11(10)16/h3-6,8H,7H2,1-2H3,(H,17,18,20). The molecule has 1 aliphatic rings. The summed E-state index contributed by atoms with van der Waals surface area (Å²) in [6.45, 7) is 3.63. The second-order valence-electron chi connectivity index (χ2n) is 5.25. The molecule has 114 valence electrons. The molecular weight excluding hydrogens is 322 g/mol. The number of benzene rings is 1. The summed E-state index contributed by atoms with van der Waals surface area (Å²) < 4.78 is 0. The van der Waals surface area contributed by atoms with Gasteiger partial charge in [0.15, 0.2) is 5.13 Å². The highest BCUT2D eigenvalue weighted by atomic mass is 35.5. The summed E-state index contributed by atoms with van der Waals surface area (Å²) in [5.41, 5.74) is 0.387. The minimum absolute atomic E-state index is 0.271. The van der Waals surface area contributed by atoms with Crippen molar-refractivity contribution in [2.24, 2.45) is 5.16 Å². The number of aryl methyl sites for hydroxylation is 1. The zero-order valence-electron chi connectivity index (χ0n) is 12.1. The van der Waals surface area contributed by atoms with Crippen molar-refractivity contribution in [2.45, 2.75) is 25.9 Å². The van der Waals surface area contributed by atoms with E-state index in [1.54, 1.807) is 19.2 Å². The molecule has 0 saturated heterocycles. The van der Waals surface area contributed by atoms with Crippen LogP contribution in [-0.4, -0.2) is 22.2 Å². The van der Waals surface area contributed by atoms with E-state index >= 15 is 0 Å². The molecule has 1 aromatic heterocycles. The lowest BCUT2D eigenvalue weighted by Crippen LogP contribution is -2.40. The maximum Gasteiger partial charge on any atom is 0.273 e. The van der Waals surface area contributed by atoms with E-state index in [2.05, 4.69) is 15.5 Å². The van der Waals surface area contributed by atoms with Gasteiger partial charge < -0.3 is 4.84 Å². The molecule has 0 spiro atoms. The van der Waals surface area contributed by atoms with Gasteiger partial charge in [0.2, 0.25) is 5.60 Å². The molecule has 5 nitrogen and oxygen atoms in total. The van der Waals surface area contributed by atoms with E-state index in [1.165, 1.54) is 11.3 Å². The van der Waals surface area contributed by atoms with Crippen LogP contribution in [0.3, 0.4) is 0 Å². The largest absolute Gasteiger partial charge is 0.379 e. The molecule has 0 aliphatic carbocycles. The molecule has 0 saturated carbocycles. The number of amides is 1. The van der Waals surface area contributed by atoms with Crippen molar-refractivity contribution in [1.82, 2.24) is 4.98 Å². The van der Waals surface area contributed by atoms with Gasteiger partial charge in [0, 0.05) is 28.1 Å². The van der Waals surface area contributed by atoms with E-state index in [-0.39, 0.29) is 5.91 Å². The molecule has 1 N–H and O–H groups in total. The predicted octanol–water partition coefficient (Wildman–Crippen LogP) is 3.63. The van der Waals surface area contributed by atoms with Gasteiger partial charge in [0.05, 0.1) is 5.71 Å². The van der Waals surface area contributed by atoms with Crippen molar-refractivity contribution in [3.8, 4) is 0 Å². The van der Waals surface area contributed by atoms with Crippen LogP contribution in [0.2, 0.25) is 5.02 Å². The summed E-state index contributed by atoms with van der Waals surface area (Å²) in [5.74, 6) is -0.271. The van der Waals surface area contributed by atoms with Crippen LogP contribution in [0.1, 0.15) is 23.8 Å². The number of thiazole rings is 1. The van der Waals surface area contributed by atoms with Crippen LogP contribution < -0.4 is 5.32 Å². The molecule has 0 radical (unpaired) electrons. The van der Waals surface area contributed by atoms with Crippen LogP contribution in [-0.2, 0) is 9.63 Å². The molecular formula is C15H14ClN3O2S. The van der Waals surface area contributed by atoms with Gasteiger partial charge in [-0.3, -0.25) is 10.1 Å². The number of halogens is 1. The molecule has 1 aromatic carbocycles. The van der Waals surface area contributed by atoms with Gasteiger partial charge >= 0.3 is 0 Å². The van der Waals surface area contributed by atoms with E-state index in [0.717, 1.165) is 10.4 Å². The van der Waals surface area contributed by atoms with E-state index in [4.69, 9.17) is 16.4 Å². The second kappa shape index (κ2) is 5.70. The second-order valence-corrected chi connectivity index (χ2v) is 6.89. The molecule has 0 bridgehead atoms. The lowest BCUT2D eigenvalue weighted by Gasteiger charge is -2.19. The Morgan fingerprint density at radius 2 is 2.23 bits per heavy atom. The lowest BCUT2D eigenvalue weighted by atomic mass is 9.95. The summed E-state index contributed by atoms with van der Waals surface area (Å²) in [6, 6.07) is 7.36. The van der Waals surface area contributed by atoms with Crippen molar-refractivity contribution in [1.29, 1.82) is 0 Å². The molecule has 1 atom stereocenters. The molecule has 1 unspecified atom stereocenters. The normalized spacial score (nSPS) is 20.4. The monoisotopic (exact) mass is 335 g/mol. The van der Waals surface area contributed by atoms with Gasteiger partial charge in [0.1, 0.15) is 0 Å². The Hall–Kier alpha value is -1.92. The summed E-state index contributed by atoms with van der Waals surface area (Å²) >= 11 is 7.58. The molecule has 1 amide bonds. The van der Waals surface area contributed by atoms with Crippen LogP contribution in [0.4, 0.5) is 5.13 Å². The highest BCUT2D eigenvalue weighted by Crippen LogP contribution is 2.30. The summed E-state index contributed by atoms with van der Waals surface area (Å²) in [4.78, 5) is 23.0. The number of nitrogens with zero attached hydrogens (tertiary/aromatic N) is 2. The van der Waals surface area contributed by atoms with Crippen LogP contribution in [0.5, 0.6) is 0 Å². The van der Waals surface area contributed by atoms with Gasteiger partial charge in [-0.15, -0.1) is 11.3 Å². The van der Waals surface area contributed by atoms with Crippen molar-refractivity contribution >= 4 is 39.7 Å². The number of carbonyl (C=O) groups excluding carboxylic acids is 1. The highest BCUT2D eigenvalue weighted by molar-refractivity contribution is 7.15. The first-order valence-electron chi connectivity index (χ1n) is 6.72. The smallest absolute Gasteiger partial charge is 0.273 e. The molecule has 22 heavy (non-hydrogen) atoms. The first kappa shape index (κ1) is 15.0. The first-order valence-corrected chi connectivity index (χ1v) is 7.91. The van der Waals surface area contributed by atoms with Crippen molar-refractivity contribution < 1.29 is 9.63 Å². The number of hydrogen-bond donors (Lipinski definition) is 1. The third-order valence-corrected chi connectivity index (χ3v) is 4.53. The first-order chi connectivity index (χ1) is 10.5. The maximum atomic E-state index is 12.4. The minimum Gasteiger partial charge on any atom is -0.379 e. The Balaban J connectivity index is 1.74. The van der Waals surface area contributed by atoms with Gasteiger partial charge in [-0.1, -0.05) is 35.0 Å². The van der Waals surface area contributed by atoms with Gasteiger partial charge in [-0.25, -0.2) is 4.98 Å². The number of anilines is 1. The molecule has 0 fully saturated rings. The number of oxime groups is 1. The summed E-state index contributed by atoms with van der Waals surface area (Å²) in [7, 11) is 0.